The average molecular weight is 273 g/mol. The highest BCUT2D eigenvalue weighted by Crippen LogP contribution is 2.14. The summed E-state index contributed by atoms with van der Waals surface area (Å²) in [5, 5.41) is 5.74. The van der Waals surface area contributed by atoms with Crippen molar-refractivity contribution in [3.8, 4) is 0 Å². The quantitative estimate of drug-likeness (QED) is 0.403. The second-order valence-corrected chi connectivity index (χ2v) is 4.56. The van der Waals surface area contributed by atoms with E-state index in [0.29, 0.717) is 13.1 Å². The molecule has 0 radical (unpaired) electrons. The van der Waals surface area contributed by atoms with Crippen molar-refractivity contribution in [2.45, 2.75) is 27.2 Å². The first-order chi connectivity index (χ1) is 8.42. The molecule has 1 amide bonds. The molecule has 0 saturated heterocycles. The largest absolute Gasteiger partial charge is 0.371 e. The third-order valence-corrected chi connectivity index (χ3v) is 2.67. The van der Waals surface area contributed by atoms with Gasteiger partial charge in [-0.2, -0.15) is 0 Å². The molecule has 0 aliphatic heterocycles. The smallest absolute Gasteiger partial charge is 0.244 e. The molecule has 0 heterocycles. The van der Waals surface area contributed by atoms with Crippen LogP contribution in [0.25, 0.3) is 0 Å². The Balaban J connectivity index is 4.54. The van der Waals surface area contributed by atoms with E-state index in [-0.39, 0.29) is 23.5 Å². The molecule has 0 aromatic carbocycles. The lowest BCUT2D eigenvalue weighted by Gasteiger charge is -2.18. The van der Waals surface area contributed by atoms with Crippen molar-refractivity contribution in [3.63, 3.8) is 0 Å². The molecule has 0 bridgehead atoms. The van der Waals surface area contributed by atoms with Crippen LogP contribution in [0.4, 0.5) is 0 Å². The highest BCUT2D eigenvalue weighted by Gasteiger charge is 2.10. The van der Waals surface area contributed by atoms with Gasteiger partial charge in [0.15, 0.2) is 5.78 Å². The van der Waals surface area contributed by atoms with Crippen molar-refractivity contribution in [2.24, 2.45) is 5.92 Å². The minimum absolute atomic E-state index is 0.00996. The van der Waals surface area contributed by atoms with Gasteiger partial charge in [0, 0.05) is 12.1 Å². The van der Waals surface area contributed by atoms with E-state index in [1.807, 2.05) is 20.8 Å². The van der Waals surface area contributed by atoms with Gasteiger partial charge in [-0.1, -0.05) is 20.4 Å². The number of ketones is 1. The Morgan fingerprint density at radius 1 is 1.33 bits per heavy atom. The Labute approximate surface area is 113 Å². The molecule has 0 saturated carbocycles. The first kappa shape index (κ1) is 16.7. The van der Waals surface area contributed by atoms with Crippen LogP contribution in [0.2, 0.25) is 0 Å². The van der Waals surface area contributed by atoms with E-state index in [1.165, 1.54) is 6.08 Å². The van der Waals surface area contributed by atoms with Gasteiger partial charge in [-0.3, -0.25) is 9.59 Å². The van der Waals surface area contributed by atoms with Crippen molar-refractivity contribution in [2.75, 3.05) is 12.5 Å². The number of nitrogens with one attached hydrogen (secondary N) is 2. The molecular weight excluding hydrogens is 252 g/mol. The van der Waals surface area contributed by atoms with Crippen LogP contribution >= 0.6 is 11.6 Å². The Hall–Kier alpha value is -1.29. The van der Waals surface area contributed by atoms with Crippen molar-refractivity contribution < 1.29 is 9.59 Å². The van der Waals surface area contributed by atoms with Gasteiger partial charge >= 0.3 is 0 Å². The molecule has 2 N–H and O–H groups in total. The van der Waals surface area contributed by atoms with E-state index in [9.17, 15) is 9.59 Å². The second-order valence-electron chi connectivity index (χ2n) is 4.30. The van der Waals surface area contributed by atoms with Crippen LogP contribution in [0.1, 0.15) is 27.2 Å². The van der Waals surface area contributed by atoms with Crippen LogP contribution in [0.3, 0.4) is 0 Å². The van der Waals surface area contributed by atoms with E-state index < -0.39 is 0 Å². The van der Waals surface area contributed by atoms with E-state index in [0.717, 1.165) is 11.3 Å². The first-order valence-electron chi connectivity index (χ1n) is 5.83. The fourth-order valence-electron chi connectivity index (χ4n) is 1.58. The van der Waals surface area contributed by atoms with E-state index >= 15 is 0 Å². The van der Waals surface area contributed by atoms with Gasteiger partial charge in [0.25, 0.3) is 0 Å². The third kappa shape index (κ3) is 6.45. The summed E-state index contributed by atoms with van der Waals surface area (Å²) in [5.41, 5.74) is 1.90. The number of carbonyl (C=O) groups is 2. The Morgan fingerprint density at radius 2 is 1.94 bits per heavy atom. The fourth-order valence-corrected chi connectivity index (χ4v) is 1.68. The number of amides is 1. The van der Waals surface area contributed by atoms with Crippen LogP contribution in [0, 0.1) is 5.92 Å². The lowest BCUT2D eigenvalue weighted by Crippen LogP contribution is -2.34. The number of hydrogen-bond acceptors (Lipinski definition) is 3. The molecule has 102 valence electrons. The van der Waals surface area contributed by atoms with E-state index in [4.69, 9.17) is 11.6 Å². The predicted molar refractivity (Wildman–Crippen MR) is 74.2 cm³/mol. The van der Waals surface area contributed by atoms with Gasteiger partial charge in [0.05, 0.1) is 12.5 Å². The first-order valence-corrected chi connectivity index (χ1v) is 6.37. The molecule has 4 nitrogen and oxygen atoms in total. The molecule has 0 unspecified atom stereocenters. The molecular formula is C13H21ClN2O2. The summed E-state index contributed by atoms with van der Waals surface area (Å²) in [6, 6.07) is 0. The van der Waals surface area contributed by atoms with Gasteiger partial charge in [-0.25, -0.2) is 0 Å². The van der Waals surface area contributed by atoms with Crippen molar-refractivity contribution in [1.29, 1.82) is 0 Å². The molecule has 0 spiro atoms. The molecule has 18 heavy (non-hydrogen) atoms. The maximum atomic E-state index is 11.3. The number of carbonyl (C=O) groups excluding carboxylic acids is 2. The van der Waals surface area contributed by atoms with Crippen molar-refractivity contribution in [3.05, 3.63) is 23.9 Å². The summed E-state index contributed by atoms with van der Waals surface area (Å²) in [5.74, 6) is 0.0220. The van der Waals surface area contributed by atoms with Crippen molar-refractivity contribution >= 4 is 23.3 Å². The highest BCUT2D eigenvalue weighted by atomic mass is 35.5. The summed E-state index contributed by atoms with van der Waals surface area (Å²) in [4.78, 5) is 22.3. The number of rotatable bonds is 8. The minimum Gasteiger partial charge on any atom is -0.371 e. The lowest BCUT2D eigenvalue weighted by molar-refractivity contribution is -0.117. The van der Waals surface area contributed by atoms with Gasteiger partial charge < -0.3 is 10.6 Å². The van der Waals surface area contributed by atoms with Crippen LogP contribution < -0.4 is 10.6 Å². The Morgan fingerprint density at radius 3 is 2.39 bits per heavy atom. The Kier molecular flexibility index (Phi) is 8.12. The number of halogens is 1. The van der Waals surface area contributed by atoms with Gasteiger partial charge in [-0.05, 0) is 24.5 Å². The lowest BCUT2D eigenvalue weighted by atomic mass is 10.0. The summed E-state index contributed by atoms with van der Waals surface area (Å²) in [7, 11) is 0. The third-order valence-electron chi connectivity index (χ3n) is 2.38. The second kappa shape index (κ2) is 8.75. The summed E-state index contributed by atoms with van der Waals surface area (Å²) >= 11 is 5.48. The predicted octanol–water partition coefficient (Wildman–Crippen LogP) is 1.96. The number of alkyl halides is 1. The minimum atomic E-state index is -0.236. The fraction of sp³-hybridized carbons (Fsp3) is 0.538. The normalized spacial score (nSPS) is 11.8. The topological polar surface area (TPSA) is 58.2 Å². The summed E-state index contributed by atoms with van der Waals surface area (Å²) < 4.78 is 0. The molecule has 0 aliphatic rings. The van der Waals surface area contributed by atoms with Crippen LogP contribution in [-0.4, -0.2) is 24.2 Å². The SMILES string of the molecule is C=CC(=O)NCNC(=C(C)CC(=O)CCl)C(C)C. The highest BCUT2D eigenvalue weighted by molar-refractivity contribution is 6.27. The van der Waals surface area contributed by atoms with Crippen LogP contribution in [-0.2, 0) is 9.59 Å². The van der Waals surface area contributed by atoms with Crippen LogP contribution in [0.15, 0.2) is 23.9 Å². The van der Waals surface area contributed by atoms with E-state index in [1.54, 1.807) is 0 Å². The number of allylic oxidation sites excluding steroid dienone is 2. The molecule has 0 rings (SSSR count). The maximum Gasteiger partial charge on any atom is 0.244 e. The molecule has 0 aromatic rings. The Bertz CT molecular complexity index is 349. The molecule has 0 aromatic heterocycles. The van der Waals surface area contributed by atoms with Gasteiger partial charge in [0.1, 0.15) is 0 Å². The van der Waals surface area contributed by atoms with E-state index in [2.05, 4.69) is 17.2 Å². The van der Waals surface area contributed by atoms with Crippen molar-refractivity contribution in [1.82, 2.24) is 10.6 Å². The van der Waals surface area contributed by atoms with Gasteiger partial charge in [-0.15, -0.1) is 11.6 Å². The van der Waals surface area contributed by atoms with Crippen LogP contribution in [0.5, 0.6) is 0 Å². The molecule has 0 fully saturated rings. The molecule has 0 atom stereocenters. The molecule has 0 aliphatic carbocycles. The zero-order valence-corrected chi connectivity index (χ0v) is 11.9. The van der Waals surface area contributed by atoms with Gasteiger partial charge in [0.2, 0.25) is 5.91 Å². The molecule has 5 heteroatoms. The zero-order valence-electron chi connectivity index (χ0n) is 11.2. The summed E-state index contributed by atoms with van der Waals surface area (Å²) in [6.07, 6.45) is 1.55. The maximum absolute atomic E-state index is 11.3. The number of hydrogen-bond donors (Lipinski definition) is 2. The standard InChI is InChI=1S/C13H21ClN2O2/c1-5-12(18)15-8-16-13(9(2)3)10(4)6-11(17)7-14/h5,9,16H,1,6-8H2,2-4H3,(H,15,18). The zero-order chi connectivity index (χ0) is 14.1. The average Bonchev–Trinajstić information content (AvgIpc) is 2.33. The summed E-state index contributed by atoms with van der Waals surface area (Å²) in [6.45, 7) is 9.61. The monoisotopic (exact) mass is 272 g/mol. The number of Topliss-reactive ketones (excluding diaryl/α,β-unsaturated/α-hetero) is 1.